The van der Waals surface area contributed by atoms with Crippen LogP contribution in [-0.4, -0.2) is 6.61 Å². The fourth-order valence-corrected chi connectivity index (χ4v) is 2.34. The van der Waals surface area contributed by atoms with E-state index in [1.54, 1.807) is 0 Å². The Morgan fingerprint density at radius 3 is 2.35 bits per heavy atom. The van der Waals surface area contributed by atoms with Crippen LogP contribution in [0.1, 0.15) is 24.9 Å². The first kappa shape index (κ1) is 15.1. The molecule has 0 heterocycles. The molecule has 0 saturated carbocycles. The molecule has 0 amide bonds. The van der Waals surface area contributed by atoms with E-state index in [-0.39, 0.29) is 6.04 Å². The van der Waals surface area contributed by atoms with Gasteiger partial charge in [-0.15, -0.1) is 0 Å². The molecule has 0 fully saturated rings. The minimum atomic E-state index is 0.0599. The second-order valence-corrected chi connectivity index (χ2v) is 5.92. The molecule has 0 saturated heterocycles. The topological polar surface area (TPSA) is 35.2 Å². The van der Waals surface area contributed by atoms with Crippen molar-refractivity contribution in [1.82, 2.24) is 0 Å². The van der Waals surface area contributed by atoms with Gasteiger partial charge in [-0.25, -0.2) is 0 Å². The van der Waals surface area contributed by atoms with E-state index in [0.29, 0.717) is 12.5 Å². The molecule has 2 nitrogen and oxygen atoms in total. The van der Waals surface area contributed by atoms with Gasteiger partial charge >= 0.3 is 0 Å². The van der Waals surface area contributed by atoms with Gasteiger partial charge in [0.25, 0.3) is 0 Å². The zero-order valence-corrected chi connectivity index (χ0v) is 13.2. The molecule has 0 aliphatic rings. The Bertz CT molecular complexity index is 512. The molecular weight excluding hydrogens is 314 g/mol. The van der Waals surface area contributed by atoms with Crippen LogP contribution in [0, 0.1) is 5.92 Å². The van der Waals surface area contributed by atoms with Gasteiger partial charge < -0.3 is 10.5 Å². The van der Waals surface area contributed by atoms with Gasteiger partial charge in [0.15, 0.2) is 0 Å². The molecule has 3 heteroatoms. The predicted molar refractivity (Wildman–Crippen MR) is 86.8 cm³/mol. The summed E-state index contributed by atoms with van der Waals surface area (Å²) in [6.45, 7) is 2.85. The molecule has 20 heavy (non-hydrogen) atoms. The molecule has 0 aliphatic carbocycles. The van der Waals surface area contributed by atoms with Crippen molar-refractivity contribution in [2.24, 2.45) is 11.7 Å². The molecular formula is C17H20BrNO. The summed E-state index contributed by atoms with van der Waals surface area (Å²) >= 11 is 3.41. The van der Waals surface area contributed by atoms with E-state index >= 15 is 0 Å². The van der Waals surface area contributed by atoms with Crippen molar-refractivity contribution in [3.05, 3.63) is 64.6 Å². The summed E-state index contributed by atoms with van der Waals surface area (Å²) in [7, 11) is 0. The summed E-state index contributed by atoms with van der Waals surface area (Å²) in [4.78, 5) is 0. The lowest BCUT2D eigenvalue weighted by molar-refractivity contribution is 0.270. The van der Waals surface area contributed by atoms with Crippen molar-refractivity contribution in [2.75, 3.05) is 6.61 Å². The van der Waals surface area contributed by atoms with Crippen molar-refractivity contribution in [3.63, 3.8) is 0 Å². The monoisotopic (exact) mass is 333 g/mol. The molecule has 106 valence electrons. The number of benzene rings is 2. The lowest BCUT2D eigenvalue weighted by Gasteiger charge is -2.20. The molecule has 0 spiro atoms. The van der Waals surface area contributed by atoms with Gasteiger partial charge in [-0.1, -0.05) is 53.2 Å². The largest absolute Gasteiger partial charge is 0.494 e. The second-order valence-electron chi connectivity index (χ2n) is 5.00. The maximum Gasteiger partial charge on any atom is 0.119 e. The van der Waals surface area contributed by atoms with Crippen molar-refractivity contribution in [2.45, 2.75) is 19.4 Å². The third kappa shape index (κ3) is 4.36. The molecule has 0 radical (unpaired) electrons. The smallest absolute Gasteiger partial charge is 0.119 e. The van der Waals surface area contributed by atoms with E-state index in [1.165, 1.54) is 5.56 Å². The fraction of sp³-hybridized carbons (Fsp3) is 0.294. The van der Waals surface area contributed by atoms with E-state index in [4.69, 9.17) is 10.5 Å². The molecule has 2 aromatic carbocycles. The Morgan fingerprint density at radius 2 is 1.70 bits per heavy atom. The summed E-state index contributed by atoms with van der Waals surface area (Å²) < 4.78 is 6.80. The summed E-state index contributed by atoms with van der Waals surface area (Å²) in [5, 5.41) is 0. The quantitative estimate of drug-likeness (QED) is 0.841. The van der Waals surface area contributed by atoms with Gasteiger partial charge in [-0.3, -0.25) is 0 Å². The highest BCUT2D eigenvalue weighted by molar-refractivity contribution is 9.10. The van der Waals surface area contributed by atoms with Crippen molar-refractivity contribution in [1.29, 1.82) is 0 Å². The maximum absolute atomic E-state index is 6.28. The van der Waals surface area contributed by atoms with Crippen LogP contribution in [0.3, 0.4) is 0 Å². The number of rotatable bonds is 6. The Morgan fingerprint density at radius 1 is 1.05 bits per heavy atom. The fourth-order valence-electron chi connectivity index (χ4n) is 2.08. The lowest BCUT2D eigenvalue weighted by Crippen LogP contribution is -2.20. The van der Waals surface area contributed by atoms with Crippen LogP contribution < -0.4 is 10.5 Å². The maximum atomic E-state index is 6.28. The lowest BCUT2D eigenvalue weighted by atomic mass is 9.93. The Balaban J connectivity index is 1.80. The van der Waals surface area contributed by atoms with Gasteiger partial charge in [0.1, 0.15) is 5.75 Å². The molecule has 2 atom stereocenters. The molecule has 0 aliphatic heterocycles. The van der Waals surface area contributed by atoms with Crippen molar-refractivity contribution in [3.8, 4) is 5.75 Å². The average Bonchev–Trinajstić information content (AvgIpc) is 2.49. The first-order chi connectivity index (χ1) is 9.66. The second kappa shape index (κ2) is 7.46. The number of nitrogens with two attached hydrogens (primary N) is 1. The van der Waals surface area contributed by atoms with Crippen LogP contribution in [0.15, 0.2) is 59.1 Å². The van der Waals surface area contributed by atoms with E-state index in [0.717, 1.165) is 16.6 Å². The van der Waals surface area contributed by atoms with Crippen LogP contribution in [-0.2, 0) is 0 Å². The van der Waals surface area contributed by atoms with E-state index in [1.807, 2.05) is 42.5 Å². The van der Waals surface area contributed by atoms with E-state index < -0.39 is 0 Å². The minimum absolute atomic E-state index is 0.0599. The standard InChI is InChI=1S/C17H20BrNO/c1-13(17(19)14-5-3-2-4-6-14)11-12-20-16-9-7-15(18)8-10-16/h2-10,13,17H,11-12,19H2,1H3. The third-order valence-electron chi connectivity index (χ3n) is 3.45. The highest BCUT2D eigenvalue weighted by Gasteiger charge is 2.14. The van der Waals surface area contributed by atoms with E-state index in [2.05, 4.69) is 35.0 Å². The van der Waals surface area contributed by atoms with Crippen molar-refractivity contribution < 1.29 is 4.74 Å². The molecule has 0 aromatic heterocycles. The number of ether oxygens (including phenoxy) is 1. The Hall–Kier alpha value is -1.32. The van der Waals surface area contributed by atoms with Crippen molar-refractivity contribution >= 4 is 15.9 Å². The molecule has 2 N–H and O–H groups in total. The first-order valence-electron chi connectivity index (χ1n) is 6.85. The Kier molecular flexibility index (Phi) is 5.62. The SMILES string of the molecule is CC(CCOc1ccc(Br)cc1)C(N)c1ccccc1. The van der Waals surface area contributed by atoms with Gasteiger partial charge in [0.2, 0.25) is 0 Å². The van der Waals surface area contributed by atoms with Crippen LogP contribution >= 0.6 is 15.9 Å². The summed E-state index contributed by atoms with van der Waals surface area (Å²) in [6, 6.07) is 18.2. The molecule has 2 aromatic rings. The minimum Gasteiger partial charge on any atom is -0.494 e. The predicted octanol–water partition coefficient (Wildman–Crippen LogP) is 4.55. The third-order valence-corrected chi connectivity index (χ3v) is 3.98. The zero-order valence-electron chi connectivity index (χ0n) is 11.6. The van der Waals surface area contributed by atoms with Crippen LogP contribution in [0.2, 0.25) is 0 Å². The normalized spacial score (nSPS) is 13.8. The van der Waals surface area contributed by atoms with Gasteiger partial charge in [-0.2, -0.15) is 0 Å². The van der Waals surface area contributed by atoms with Crippen LogP contribution in [0.25, 0.3) is 0 Å². The van der Waals surface area contributed by atoms with Gasteiger partial charge in [0.05, 0.1) is 6.61 Å². The summed E-state index contributed by atoms with van der Waals surface area (Å²) in [5.41, 5.74) is 7.46. The highest BCUT2D eigenvalue weighted by Crippen LogP contribution is 2.22. The first-order valence-corrected chi connectivity index (χ1v) is 7.65. The van der Waals surface area contributed by atoms with Gasteiger partial charge in [0, 0.05) is 10.5 Å². The van der Waals surface area contributed by atoms with E-state index in [9.17, 15) is 0 Å². The summed E-state index contributed by atoms with van der Waals surface area (Å²) in [5.74, 6) is 1.28. The molecule has 2 unspecified atom stereocenters. The molecule has 0 bridgehead atoms. The van der Waals surface area contributed by atoms with Crippen LogP contribution in [0.5, 0.6) is 5.75 Å². The zero-order chi connectivity index (χ0) is 14.4. The Labute approximate surface area is 129 Å². The van der Waals surface area contributed by atoms with Crippen LogP contribution in [0.4, 0.5) is 0 Å². The number of halogens is 1. The molecule has 2 rings (SSSR count). The summed E-state index contributed by atoms with van der Waals surface area (Å²) in [6.07, 6.45) is 0.937. The van der Waals surface area contributed by atoms with Gasteiger partial charge in [-0.05, 0) is 42.2 Å². The highest BCUT2D eigenvalue weighted by atomic mass is 79.9. The number of hydrogen-bond acceptors (Lipinski definition) is 2. The number of hydrogen-bond donors (Lipinski definition) is 1. The average molecular weight is 334 g/mol.